The normalized spacial score (nSPS) is 19.6. The van der Waals surface area contributed by atoms with Crippen LogP contribution in [0.5, 0.6) is 0 Å². The van der Waals surface area contributed by atoms with E-state index in [0.29, 0.717) is 18.7 Å². The number of rotatable bonds is 2. The van der Waals surface area contributed by atoms with Gasteiger partial charge in [-0.25, -0.2) is 0 Å². The van der Waals surface area contributed by atoms with E-state index in [1.54, 1.807) is 0 Å². The van der Waals surface area contributed by atoms with E-state index in [9.17, 15) is 18.0 Å². The van der Waals surface area contributed by atoms with Crippen molar-refractivity contribution in [2.75, 3.05) is 13.1 Å². The molecule has 20 heavy (non-hydrogen) atoms. The highest BCUT2D eigenvalue weighted by atomic mass is 35.5. The van der Waals surface area contributed by atoms with Crippen LogP contribution in [0.4, 0.5) is 13.2 Å². The quantitative estimate of drug-likeness (QED) is 0.913. The standard InChI is InChI=1S/C12H15F3N2O2.ClH/c13-12(14,15)9-2-1-3-17(6-9)11(18)8-4-10(5-16)19-7-8;/h4,7,9H,1-3,5-6,16H2;1H. The van der Waals surface area contributed by atoms with Crippen molar-refractivity contribution in [3.8, 4) is 0 Å². The molecule has 0 aromatic carbocycles. The van der Waals surface area contributed by atoms with Gasteiger partial charge in [-0.3, -0.25) is 4.79 Å². The number of piperidine rings is 1. The third-order valence-electron chi connectivity index (χ3n) is 3.27. The number of nitrogens with two attached hydrogens (primary N) is 1. The molecule has 1 aliphatic rings. The Balaban J connectivity index is 0.00000200. The Morgan fingerprint density at radius 2 is 2.20 bits per heavy atom. The minimum atomic E-state index is -4.25. The molecule has 1 aromatic heterocycles. The van der Waals surface area contributed by atoms with E-state index in [2.05, 4.69) is 0 Å². The Labute approximate surface area is 120 Å². The van der Waals surface area contributed by atoms with Crippen LogP contribution >= 0.6 is 12.4 Å². The third kappa shape index (κ3) is 3.67. The van der Waals surface area contributed by atoms with Crippen LogP contribution in [0.1, 0.15) is 29.0 Å². The van der Waals surface area contributed by atoms with Crippen LogP contribution in [-0.4, -0.2) is 30.1 Å². The number of hydrogen-bond donors (Lipinski definition) is 1. The predicted octanol–water partition coefficient (Wildman–Crippen LogP) is 2.57. The fourth-order valence-corrected chi connectivity index (χ4v) is 2.21. The lowest BCUT2D eigenvalue weighted by Gasteiger charge is -2.33. The van der Waals surface area contributed by atoms with E-state index in [-0.39, 0.29) is 37.5 Å². The molecular formula is C12H16ClF3N2O2. The molecule has 1 fully saturated rings. The maximum atomic E-state index is 12.7. The summed E-state index contributed by atoms with van der Waals surface area (Å²) in [5, 5.41) is 0. The molecule has 2 heterocycles. The molecule has 2 rings (SSSR count). The molecule has 4 nitrogen and oxygen atoms in total. The second-order valence-electron chi connectivity index (χ2n) is 4.64. The van der Waals surface area contributed by atoms with Gasteiger partial charge in [0, 0.05) is 13.1 Å². The average Bonchev–Trinajstić information content (AvgIpc) is 2.86. The summed E-state index contributed by atoms with van der Waals surface area (Å²) >= 11 is 0. The van der Waals surface area contributed by atoms with Crippen molar-refractivity contribution in [2.24, 2.45) is 11.7 Å². The van der Waals surface area contributed by atoms with Crippen LogP contribution in [0.15, 0.2) is 16.7 Å². The number of hydrogen-bond acceptors (Lipinski definition) is 3. The lowest BCUT2D eigenvalue weighted by atomic mass is 9.97. The number of carbonyl (C=O) groups excluding carboxylic acids is 1. The Kier molecular flexibility index (Phi) is 5.47. The Morgan fingerprint density at radius 3 is 2.75 bits per heavy atom. The Bertz CT molecular complexity index is 462. The van der Waals surface area contributed by atoms with Crippen molar-refractivity contribution in [2.45, 2.75) is 25.6 Å². The molecule has 114 valence electrons. The van der Waals surface area contributed by atoms with E-state index in [4.69, 9.17) is 10.2 Å². The van der Waals surface area contributed by atoms with Gasteiger partial charge in [0.05, 0.1) is 18.0 Å². The maximum absolute atomic E-state index is 12.7. The molecular weight excluding hydrogens is 297 g/mol. The third-order valence-corrected chi connectivity index (χ3v) is 3.27. The molecule has 1 saturated heterocycles. The van der Waals surface area contributed by atoms with Gasteiger partial charge in [0.25, 0.3) is 5.91 Å². The fourth-order valence-electron chi connectivity index (χ4n) is 2.21. The first-order valence-corrected chi connectivity index (χ1v) is 6.05. The SMILES string of the molecule is Cl.NCc1cc(C(=O)N2CCCC(C(F)(F)F)C2)co1. The van der Waals surface area contributed by atoms with Crippen molar-refractivity contribution in [3.63, 3.8) is 0 Å². The molecule has 8 heteroatoms. The maximum Gasteiger partial charge on any atom is 0.393 e. The number of carbonyl (C=O) groups is 1. The van der Waals surface area contributed by atoms with Crippen molar-refractivity contribution < 1.29 is 22.4 Å². The number of likely N-dealkylation sites (tertiary alicyclic amines) is 1. The van der Waals surface area contributed by atoms with Gasteiger partial charge in [0.1, 0.15) is 12.0 Å². The molecule has 0 spiro atoms. The summed E-state index contributed by atoms with van der Waals surface area (Å²) in [6, 6.07) is 1.47. The van der Waals surface area contributed by atoms with Gasteiger partial charge in [0.2, 0.25) is 0 Å². The first-order valence-electron chi connectivity index (χ1n) is 6.05. The van der Waals surface area contributed by atoms with Gasteiger partial charge in [-0.2, -0.15) is 13.2 Å². The summed E-state index contributed by atoms with van der Waals surface area (Å²) in [4.78, 5) is 13.3. The predicted molar refractivity (Wildman–Crippen MR) is 68.5 cm³/mol. The Hall–Kier alpha value is -1.21. The summed E-state index contributed by atoms with van der Waals surface area (Å²) in [6.45, 7) is 0.207. The highest BCUT2D eigenvalue weighted by Gasteiger charge is 2.42. The van der Waals surface area contributed by atoms with Crippen LogP contribution in [0, 0.1) is 5.92 Å². The van der Waals surface area contributed by atoms with E-state index in [1.807, 2.05) is 0 Å². The molecule has 2 N–H and O–H groups in total. The van der Waals surface area contributed by atoms with Crippen molar-refractivity contribution in [1.82, 2.24) is 4.90 Å². The molecule has 1 aliphatic heterocycles. The topological polar surface area (TPSA) is 59.5 Å². The minimum absolute atomic E-state index is 0. The van der Waals surface area contributed by atoms with Crippen molar-refractivity contribution >= 4 is 18.3 Å². The second kappa shape index (κ2) is 6.49. The molecule has 1 atom stereocenters. The van der Waals surface area contributed by atoms with Gasteiger partial charge in [-0.05, 0) is 18.9 Å². The molecule has 1 amide bonds. The summed E-state index contributed by atoms with van der Waals surface area (Å²) in [6.07, 6.45) is -2.58. The number of amides is 1. The molecule has 0 aliphatic carbocycles. The van der Waals surface area contributed by atoms with Gasteiger partial charge in [-0.1, -0.05) is 0 Å². The lowest BCUT2D eigenvalue weighted by Crippen LogP contribution is -2.44. The number of furan rings is 1. The first kappa shape index (κ1) is 16.8. The smallest absolute Gasteiger partial charge is 0.393 e. The van der Waals surface area contributed by atoms with Gasteiger partial charge < -0.3 is 15.1 Å². The minimum Gasteiger partial charge on any atom is -0.467 e. The van der Waals surface area contributed by atoms with Gasteiger partial charge in [0.15, 0.2) is 0 Å². The lowest BCUT2D eigenvalue weighted by molar-refractivity contribution is -0.184. The summed E-state index contributed by atoms with van der Waals surface area (Å²) in [5.74, 6) is -1.43. The van der Waals surface area contributed by atoms with Crippen LogP contribution in [0.2, 0.25) is 0 Å². The van der Waals surface area contributed by atoms with E-state index >= 15 is 0 Å². The summed E-state index contributed by atoms with van der Waals surface area (Å²) in [7, 11) is 0. The zero-order valence-corrected chi connectivity index (χ0v) is 11.5. The van der Waals surface area contributed by atoms with Crippen LogP contribution < -0.4 is 5.73 Å². The number of halogens is 4. The molecule has 0 saturated carbocycles. The monoisotopic (exact) mass is 312 g/mol. The highest BCUT2D eigenvalue weighted by Crippen LogP contribution is 2.33. The number of nitrogens with zero attached hydrogens (tertiary/aromatic N) is 1. The van der Waals surface area contributed by atoms with Crippen LogP contribution in [-0.2, 0) is 6.54 Å². The average molecular weight is 313 g/mol. The van der Waals surface area contributed by atoms with Crippen LogP contribution in [0.3, 0.4) is 0 Å². The zero-order valence-electron chi connectivity index (χ0n) is 10.7. The molecule has 1 unspecified atom stereocenters. The largest absolute Gasteiger partial charge is 0.467 e. The van der Waals surface area contributed by atoms with Crippen molar-refractivity contribution in [1.29, 1.82) is 0 Å². The van der Waals surface area contributed by atoms with Gasteiger partial charge in [-0.15, -0.1) is 12.4 Å². The first-order chi connectivity index (χ1) is 8.91. The molecule has 0 radical (unpaired) electrons. The summed E-state index contributed by atoms with van der Waals surface area (Å²) < 4.78 is 43.0. The zero-order chi connectivity index (χ0) is 14.0. The summed E-state index contributed by atoms with van der Waals surface area (Å²) in [5.41, 5.74) is 5.61. The van der Waals surface area contributed by atoms with E-state index < -0.39 is 18.0 Å². The number of alkyl halides is 3. The Morgan fingerprint density at radius 1 is 1.50 bits per heavy atom. The van der Waals surface area contributed by atoms with Crippen molar-refractivity contribution in [3.05, 3.63) is 23.7 Å². The second-order valence-corrected chi connectivity index (χ2v) is 4.64. The van der Waals surface area contributed by atoms with E-state index in [0.717, 1.165) is 0 Å². The van der Waals surface area contributed by atoms with Gasteiger partial charge >= 0.3 is 6.18 Å². The highest BCUT2D eigenvalue weighted by molar-refractivity contribution is 5.94. The van der Waals surface area contributed by atoms with Crippen LogP contribution in [0.25, 0.3) is 0 Å². The molecule has 1 aromatic rings. The fraction of sp³-hybridized carbons (Fsp3) is 0.583. The molecule has 0 bridgehead atoms. The van der Waals surface area contributed by atoms with E-state index in [1.165, 1.54) is 17.2 Å².